The van der Waals surface area contributed by atoms with Crippen molar-refractivity contribution < 1.29 is 80.2 Å². The van der Waals surface area contributed by atoms with E-state index in [0.717, 1.165) is 108 Å². The molecule has 0 aliphatic rings. The molecule has 0 spiro atoms. The molecule has 98 heavy (non-hydrogen) atoms. The fourth-order valence-electron chi connectivity index (χ4n) is 12.1. The zero-order valence-electron chi connectivity index (χ0n) is 64.3. The number of aliphatic hydroxyl groups excluding tert-OH is 1. The Morgan fingerprint density at radius 2 is 0.469 bits per heavy atom. The van der Waals surface area contributed by atoms with Gasteiger partial charge in [0, 0.05) is 25.7 Å². The Balaban J connectivity index is 5.26. The largest absolute Gasteiger partial charge is 0.472 e. The van der Waals surface area contributed by atoms with Gasteiger partial charge in [0.15, 0.2) is 12.2 Å². The molecule has 0 aromatic carbocycles. The Kier molecular flexibility index (Phi) is 68.1. The molecule has 19 heteroatoms. The maximum Gasteiger partial charge on any atom is 0.472 e. The first-order valence-electron chi connectivity index (χ1n) is 40.8. The van der Waals surface area contributed by atoms with Crippen LogP contribution < -0.4 is 0 Å². The average Bonchev–Trinajstić information content (AvgIpc) is 1.03. The molecule has 0 aliphatic heterocycles. The van der Waals surface area contributed by atoms with Crippen LogP contribution in [0.25, 0.3) is 0 Å². The van der Waals surface area contributed by atoms with Gasteiger partial charge >= 0.3 is 39.5 Å². The second kappa shape index (κ2) is 69.4. The van der Waals surface area contributed by atoms with Gasteiger partial charge in [-0.15, -0.1) is 0 Å². The third kappa shape index (κ3) is 72.4. The number of aliphatic hydroxyl groups is 1. The molecule has 5 atom stereocenters. The van der Waals surface area contributed by atoms with Crippen molar-refractivity contribution in [2.24, 2.45) is 17.8 Å². The number of hydrogen-bond donors (Lipinski definition) is 3. The Morgan fingerprint density at radius 1 is 0.276 bits per heavy atom. The number of carbonyl (C=O) groups is 4. The zero-order valence-corrected chi connectivity index (χ0v) is 66.0. The fourth-order valence-corrected chi connectivity index (χ4v) is 13.7. The van der Waals surface area contributed by atoms with E-state index >= 15 is 0 Å². The minimum atomic E-state index is -4.96. The minimum absolute atomic E-state index is 0.107. The molecule has 2 unspecified atom stereocenters. The number of phosphoric acid groups is 2. The lowest BCUT2D eigenvalue weighted by molar-refractivity contribution is -0.161. The first kappa shape index (κ1) is 96.1. The third-order valence-electron chi connectivity index (χ3n) is 18.4. The van der Waals surface area contributed by atoms with Gasteiger partial charge in [-0.3, -0.25) is 37.3 Å². The summed E-state index contributed by atoms with van der Waals surface area (Å²) < 4.78 is 68.7. The molecule has 0 rings (SSSR count). The summed E-state index contributed by atoms with van der Waals surface area (Å²) in [6, 6.07) is 0. The van der Waals surface area contributed by atoms with E-state index in [1.807, 2.05) is 0 Å². The van der Waals surface area contributed by atoms with Gasteiger partial charge in [-0.25, -0.2) is 9.13 Å². The number of carbonyl (C=O) groups excluding carboxylic acids is 4. The van der Waals surface area contributed by atoms with Crippen LogP contribution in [0.2, 0.25) is 0 Å². The summed E-state index contributed by atoms with van der Waals surface area (Å²) in [7, 11) is -9.92. The number of unbranched alkanes of at least 4 members (excludes halogenated alkanes) is 45. The summed E-state index contributed by atoms with van der Waals surface area (Å²) in [5.74, 6) is 0.227. The molecule has 0 radical (unpaired) electrons. The summed E-state index contributed by atoms with van der Waals surface area (Å²) >= 11 is 0. The Bertz CT molecular complexity index is 1900. The van der Waals surface area contributed by atoms with Crippen LogP contribution in [-0.2, 0) is 65.4 Å². The summed E-state index contributed by atoms with van der Waals surface area (Å²) in [5, 5.41) is 10.6. The molecule has 0 heterocycles. The molecule has 3 N–H and O–H groups in total. The topological polar surface area (TPSA) is 237 Å². The standard InChI is InChI=1S/C79H154O17P2/c1-8-9-10-11-12-13-14-25-32-39-46-53-60-76(81)89-66-75(96-79(84)63-56-49-42-35-28-21-24-31-38-45-52-59-72(6)7)69-94-98(87,88)92-65-73(80)64-91-97(85,86)93-68-74(67-90-77(82)61-54-47-40-33-27-20-23-30-37-44-51-58-71(4)5)95-78(83)62-55-48-41-34-26-19-17-15-16-18-22-29-36-43-50-57-70(2)3/h70-75,80H,8-69H2,1-7H3,(H,85,86)(H,87,88)/t73-,74-,75-/m1/s1. The molecular formula is C79H154O17P2. The van der Waals surface area contributed by atoms with Gasteiger partial charge in [-0.2, -0.15) is 0 Å². The van der Waals surface area contributed by atoms with E-state index in [-0.39, 0.29) is 25.7 Å². The second-order valence-electron chi connectivity index (χ2n) is 29.9. The highest BCUT2D eigenvalue weighted by molar-refractivity contribution is 7.47. The number of rotatable bonds is 77. The fraction of sp³-hybridized carbons (Fsp3) is 0.949. The number of hydrogen-bond acceptors (Lipinski definition) is 15. The lowest BCUT2D eigenvalue weighted by Gasteiger charge is -2.21. The SMILES string of the molecule is CCCCCCCCCCCCCCC(=O)OC[C@H](COP(=O)(O)OC[C@H](O)COP(=O)(O)OC[C@@H](COC(=O)CCCCCCCCCCCCCC(C)C)OC(=O)CCCCCCCCCCCCCCCCCC(C)C)OC(=O)CCCCCCCCCCCCCC(C)C. The smallest absolute Gasteiger partial charge is 0.462 e. The quantitative estimate of drug-likeness (QED) is 0.0222. The minimum Gasteiger partial charge on any atom is -0.462 e. The number of esters is 4. The van der Waals surface area contributed by atoms with Crippen LogP contribution in [0.1, 0.15) is 408 Å². The van der Waals surface area contributed by atoms with Crippen molar-refractivity contribution in [1.29, 1.82) is 0 Å². The van der Waals surface area contributed by atoms with E-state index in [2.05, 4.69) is 48.5 Å². The number of ether oxygens (including phenoxy) is 4. The predicted molar refractivity (Wildman–Crippen MR) is 400 cm³/mol. The predicted octanol–water partition coefficient (Wildman–Crippen LogP) is 23.4. The molecule has 0 amide bonds. The van der Waals surface area contributed by atoms with Crippen LogP contribution in [0, 0.1) is 17.8 Å². The molecule has 0 fully saturated rings. The van der Waals surface area contributed by atoms with Gasteiger partial charge in [0.2, 0.25) is 0 Å². The van der Waals surface area contributed by atoms with E-state index in [9.17, 15) is 43.2 Å². The van der Waals surface area contributed by atoms with Gasteiger partial charge in [-0.05, 0) is 43.4 Å². The van der Waals surface area contributed by atoms with Crippen LogP contribution in [0.4, 0.5) is 0 Å². The maximum atomic E-state index is 13.1. The Morgan fingerprint density at radius 3 is 0.694 bits per heavy atom. The monoisotopic (exact) mass is 1440 g/mol. The molecule has 0 aromatic heterocycles. The Labute approximate surface area is 600 Å². The van der Waals surface area contributed by atoms with Crippen molar-refractivity contribution in [3.8, 4) is 0 Å². The van der Waals surface area contributed by atoms with Crippen molar-refractivity contribution in [2.45, 2.75) is 426 Å². The number of phosphoric ester groups is 2. The van der Waals surface area contributed by atoms with Gasteiger partial charge in [0.1, 0.15) is 19.3 Å². The van der Waals surface area contributed by atoms with E-state index in [1.165, 1.54) is 218 Å². The van der Waals surface area contributed by atoms with Crippen LogP contribution in [-0.4, -0.2) is 96.7 Å². The van der Waals surface area contributed by atoms with Gasteiger partial charge in [0.25, 0.3) is 0 Å². The van der Waals surface area contributed by atoms with Gasteiger partial charge in [-0.1, -0.05) is 357 Å². The van der Waals surface area contributed by atoms with Crippen molar-refractivity contribution in [3.05, 3.63) is 0 Å². The van der Waals surface area contributed by atoms with Crippen LogP contribution >= 0.6 is 15.6 Å². The normalized spacial score (nSPS) is 14.0. The van der Waals surface area contributed by atoms with Gasteiger partial charge < -0.3 is 33.8 Å². The second-order valence-corrected chi connectivity index (χ2v) is 32.8. The van der Waals surface area contributed by atoms with Crippen LogP contribution in [0.5, 0.6) is 0 Å². The average molecular weight is 1440 g/mol. The highest BCUT2D eigenvalue weighted by Crippen LogP contribution is 2.45. The molecule has 0 saturated carbocycles. The van der Waals surface area contributed by atoms with Gasteiger partial charge in [0.05, 0.1) is 26.4 Å². The highest BCUT2D eigenvalue weighted by atomic mass is 31.2. The zero-order chi connectivity index (χ0) is 72.3. The van der Waals surface area contributed by atoms with Crippen LogP contribution in [0.15, 0.2) is 0 Å². The van der Waals surface area contributed by atoms with E-state index < -0.39 is 97.5 Å². The third-order valence-corrected chi connectivity index (χ3v) is 20.3. The molecule has 0 saturated heterocycles. The molecule has 0 bridgehead atoms. The van der Waals surface area contributed by atoms with E-state index in [4.69, 9.17) is 37.0 Å². The molecular weight excluding hydrogens is 1280 g/mol. The highest BCUT2D eigenvalue weighted by Gasteiger charge is 2.30. The van der Waals surface area contributed by atoms with Crippen molar-refractivity contribution in [1.82, 2.24) is 0 Å². The lowest BCUT2D eigenvalue weighted by atomic mass is 10.0. The Hall–Kier alpha value is -1.94. The lowest BCUT2D eigenvalue weighted by Crippen LogP contribution is -2.30. The van der Waals surface area contributed by atoms with E-state index in [0.29, 0.717) is 25.7 Å². The summed E-state index contributed by atoms with van der Waals surface area (Å²) in [4.78, 5) is 73.0. The maximum absolute atomic E-state index is 13.1. The summed E-state index contributed by atoms with van der Waals surface area (Å²) in [6.45, 7) is 12.0. The summed E-state index contributed by atoms with van der Waals surface area (Å²) in [6.07, 6.45) is 56.7. The molecule has 17 nitrogen and oxygen atoms in total. The van der Waals surface area contributed by atoms with E-state index in [1.54, 1.807) is 0 Å². The molecule has 582 valence electrons. The summed E-state index contributed by atoms with van der Waals surface area (Å²) in [5.41, 5.74) is 0. The first-order valence-corrected chi connectivity index (χ1v) is 43.8. The van der Waals surface area contributed by atoms with Crippen LogP contribution in [0.3, 0.4) is 0 Å². The van der Waals surface area contributed by atoms with Crippen molar-refractivity contribution >= 4 is 39.5 Å². The molecule has 0 aromatic rings. The molecule has 0 aliphatic carbocycles. The van der Waals surface area contributed by atoms with Crippen molar-refractivity contribution in [3.63, 3.8) is 0 Å². The first-order chi connectivity index (χ1) is 47.2. The van der Waals surface area contributed by atoms with Crippen molar-refractivity contribution in [2.75, 3.05) is 39.6 Å².